The van der Waals surface area contributed by atoms with Crippen LogP contribution in [0.15, 0.2) is 24.8 Å². The molecule has 2 saturated heterocycles. The van der Waals surface area contributed by atoms with Gasteiger partial charge in [-0.25, -0.2) is 0 Å². The number of ether oxygens (including phenoxy) is 3. The van der Waals surface area contributed by atoms with Crippen LogP contribution in [0.5, 0.6) is 11.5 Å². The number of esters is 1. The molecule has 2 aliphatic heterocycles. The van der Waals surface area contributed by atoms with E-state index in [-0.39, 0.29) is 17.4 Å². The molecule has 4 bridgehead atoms. The molecule has 4 atom stereocenters. The summed E-state index contributed by atoms with van der Waals surface area (Å²) in [6.45, 7) is 7.89. The molecule has 6 nitrogen and oxygen atoms in total. The van der Waals surface area contributed by atoms with Crippen molar-refractivity contribution in [2.75, 3.05) is 26.9 Å². The topological polar surface area (TPSA) is 61.8 Å². The molecule has 0 aromatic heterocycles. The van der Waals surface area contributed by atoms with Gasteiger partial charge in [0.15, 0.2) is 18.2 Å². The minimum Gasteiger partial charge on any atom is -0.493 e. The molecule has 1 saturated carbocycles. The van der Waals surface area contributed by atoms with E-state index in [0.29, 0.717) is 37.1 Å². The summed E-state index contributed by atoms with van der Waals surface area (Å²) in [5.74, 6) is 0.910. The first-order valence-corrected chi connectivity index (χ1v) is 10.4. The second kappa shape index (κ2) is 6.16. The molecule has 1 aromatic carbocycles. The highest BCUT2D eigenvalue weighted by Gasteiger charge is 2.75. The number of benzene rings is 1. The summed E-state index contributed by atoms with van der Waals surface area (Å²) >= 11 is 0. The van der Waals surface area contributed by atoms with Crippen LogP contribution in [-0.2, 0) is 26.2 Å². The number of hydrogen-bond acceptors (Lipinski definition) is 5. The number of nitrogens with zero attached hydrogens (tertiary/aromatic N) is 1. The van der Waals surface area contributed by atoms with Crippen molar-refractivity contribution in [2.45, 2.75) is 56.1 Å². The van der Waals surface area contributed by atoms with Crippen LogP contribution < -0.4 is 9.47 Å². The van der Waals surface area contributed by atoms with Gasteiger partial charge in [-0.1, -0.05) is 12.6 Å². The number of methoxy groups -OCH3 is 1. The normalized spacial score (nSPS) is 36.8. The zero-order chi connectivity index (χ0) is 20.4. The van der Waals surface area contributed by atoms with Gasteiger partial charge in [0.2, 0.25) is 0 Å². The van der Waals surface area contributed by atoms with Crippen LogP contribution in [0.2, 0.25) is 0 Å². The Bertz CT molecular complexity index is 926. The summed E-state index contributed by atoms with van der Waals surface area (Å²) in [6.07, 6.45) is 5.50. The highest BCUT2D eigenvalue weighted by atomic mass is 16.6. The number of carbonyl (C=O) groups is 2. The lowest BCUT2D eigenvalue weighted by Crippen LogP contribution is -2.74. The zero-order valence-electron chi connectivity index (χ0n) is 17.2. The third-order valence-corrected chi connectivity index (χ3v) is 7.90. The van der Waals surface area contributed by atoms with Crippen LogP contribution in [0.3, 0.4) is 0 Å². The predicted octanol–water partition coefficient (Wildman–Crippen LogP) is 2.67. The van der Waals surface area contributed by atoms with Gasteiger partial charge in [-0.15, -0.1) is 0 Å². The molecule has 29 heavy (non-hydrogen) atoms. The molecule has 0 N–H and O–H groups in total. The van der Waals surface area contributed by atoms with Crippen molar-refractivity contribution < 1.29 is 28.3 Å². The molecule has 2 heterocycles. The molecule has 1 unspecified atom stereocenters. The molecule has 3 fully saturated rings. The van der Waals surface area contributed by atoms with Crippen molar-refractivity contribution in [3.05, 3.63) is 35.9 Å². The van der Waals surface area contributed by atoms with Crippen LogP contribution in [0.25, 0.3) is 0 Å². The van der Waals surface area contributed by atoms with Gasteiger partial charge >= 0.3 is 5.97 Å². The highest BCUT2D eigenvalue weighted by molar-refractivity contribution is 5.83. The fourth-order valence-corrected chi connectivity index (χ4v) is 6.90. The molecule has 154 valence electrons. The van der Waals surface area contributed by atoms with Crippen molar-refractivity contribution >= 4 is 11.8 Å². The fraction of sp³-hybridized carbons (Fsp3) is 0.565. The van der Waals surface area contributed by atoms with E-state index in [1.54, 1.807) is 7.11 Å². The van der Waals surface area contributed by atoms with Gasteiger partial charge in [0, 0.05) is 43.6 Å². The first-order valence-electron chi connectivity index (χ1n) is 10.4. The Morgan fingerprint density at radius 2 is 2.24 bits per heavy atom. The first kappa shape index (κ1) is 18.8. The van der Waals surface area contributed by atoms with E-state index >= 15 is 0 Å². The third kappa shape index (κ3) is 2.24. The Hall–Kier alpha value is -2.18. The third-order valence-electron chi connectivity index (χ3n) is 7.90. The average Bonchev–Trinajstić information content (AvgIpc) is 2.90. The highest BCUT2D eigenvalue weighted by Crippen LogP contribution is 2.65. The molecule has 0 radical (unpaired) electrons. The first-order chi connectivity index (χ1) is 13.9. The standard InChI is InChI=1S/C23H28NO5/c1-4-10-24-11-9-22-13-17(26)7-8-23(22,28-14-24)19(24)12-16-5-6-18(29-15(2)25)21(27-3)20(16)22/h4-6,19H,1,7-14H2,2-3H3/q+1/t19-,22-,23-,24?/m1/s1. The Labute approximate surface area is 171 Å². The average molecular weight is 398 g/mol. The van der Waals surface area contributed by atoms with Crippen LogP contribution in [-0.4, -0.2) is 54.8 Å². The molecule has 0 amide bonds. The second-order valence-electron chi connectivity index (χ2n) is 9.07. The number of ketones is 1. The largest absolute Gasteiger partial charge is 0.493 e. The van der Waals surface area contributed by atoms with Crippen molar-refractivity contribution in [1.82, 2.24) is 0 Å². The maximum absolute atomic E-state index is 12.8. The summed E-state index contributed by atoms with van der Waals surface area (Å²) < 4.78 is 18.9. The Morgan fingerprint density at radius 1 is 1.41 bits per heavy atom. The number of Topliss-reactive ketones (excluding diaryl/α,β-unsaturated/α-hetero) is 1. The molecule has 6 heteroatoms. The van der Waals surface area contributed by atoms with Gasteiger partial charge in [-0.3, -0.25) is 14.1 Å². The maximum atomic E-state index is 12.8. The minimum absolute atomic E-state index is 0.279. The summed E-state index contributed by atoms with van der Waals surface area (Å²) in [4.78, 5) is 24.4. The number of carbonyl (C=O) groups excluding carboxylic acids is 2. The minimum atomic E-state index is -0.429. The molecule has 2 aliphatic carbocycles. The number of hydrogen-bond donors (Lipinski definition) is 0. The van der Waals surface area contributed by atoms with Gasteiger partial charge in [-0.2, -0.15) is 0 Å². The van der Waals surface area contributed by atoms with Crippen LogP contribution >= 0.6 is 0 Å². The Morgan fingerprint density at radius 3 is 2.97 bits per heavy atom. The molecular formula is C23H28NO5+. The van der Waals surface area contributed by atoms with E-state index < -0.39 is 5.41 Å². The van der Waals surface area contributed by atoms with Crippen molar-refractivity contribution in [3.8, 4) is 11.5 Å². The SMILES string of the molecule is C=CC[N+]12CC[C@]34CC(=O)CC[C@@]3(OC1)[C@H]2Cc1ccc(OC(C)=O)c(OC)c14. The van der Waals surface area contributed by atoms with Crippen LogP contribution in [0.1, 0.15) is 43.7 Å². The maximum Gasteiger partial charge on any atom is 0.308 e. The number of fused-ring (bicyclic) bond motifs is 1. The summed E-state index contributed by atoms with van der Waals surface area (Å²) in [6, 6.07) is 4.18. The summed E-state index contributed by atoms with van der Waals surface area (Å²) in [5.41, 5.74) is 1.41. The van der Waals surface area contributed by atoms with Crippen molar-refractivity contribution in [1.29, 1.82) is 0 Å². The fourth-order valence-electron chi connectivity index (χ4n) is 6.90. The lowest BCUT2D eigenvalue weighted by Gasteiger charge is -2.61. The molecule has 5 rings (SSSR count). The van der Waals surface area contributed by atoms with Gasteiger partial charge in [-0.05, 0) is 24.1 Å². The Balaban J connectivity index is 1.77. The Kier molecular flexibility index (Phi) is 4.00. The summed E-state index contributed by atoms with van der Waals surface area (Å²) in [5, 5.41) is 0. The molecule has 4 aliphatic rings. The van der Waals surface area contributed by atoms with Gasteiger partial charge < -0.3 is 14.2 Å². The monoisotopic (exact) mass is 398 g/mol. The predicted molar refractivity (Wildman–Crippen MR) is 106 cm³/mol. The van der Waals surface area contributed by atoms with E-state index in [2.05, 4.69) is 6.58 Å². The van der Waals surface area contributed by atoms with Crippen LogP contribution in [0.4, 0.5) is 0 Å². The number of quaternary nitrogens is 1. The van der Waals surface area contributed by atoms with Crippen molar-refractivity contribution in [3.63, 3.8) is 0 Å². The van der Waals surface area contributed by atoms with Gasteiger partial charge in [0.1, 0.15) is 17.4 Å². The zero-order valence-corrected chi connectivity index (χ0v) is 17.2. The van der Waals surface area contributed by atoms with E-state index in [4.69, 9.17) is 14.2 Å². The van der Waals surface area contributed by atoms with Gasteiger partial charge in [0.05, 0.1) is 20.2 Å². The van der Waals surface area contributed by atoms with E-state index in [9.17, 15) is 9.59 Å². The smallest absolute Gasteiger partial charge is 0.308 e. The second-order valence-corrected chi connectivity index (χ2v) is 9.07. The molecule has 1 spiro atoms. The van der Waals surface area contributed by atoms with E-state index in [1.165, 1.54) is 12.5 Å². The van der Waals surface area contributed by atoms with E-state index in [1.807, 2.05) is 18.2 Å². The van der Waals surface area contributed by atoms with E-state index in [0.717, 1.165) is 42.4 Å². The number of rotatable bonds is 4. The van der Waals surface area contributed by atoms with Gasteiger partial charge in [0.25, 0.3) is 0 Å². The molecular weight excluding hydrogens is 370 g/mol. The number of piperidine rings is 1. The van der Waals surface area contributed by atoms with Crippen molar-refractivity contribution in [2.24, 2.45) is 0 Å². The lowest BCUT2D eigenvalue weighted by atomic mass is 9.49. The molecule has 1 aromatic rings. The van der Waals surface area contributed by atoms with Crippen LogP contribution in [0, 0.1) is 0 Å². The lowest BCUT2D eigenvalue weighted by molar-refractivity contribution is -0.947. The quantitative estimate of drug-likeness (QED) is 0.338. The summed E-state index contributed by atoms with van der Waals surface area (Å²) in [7, 11) is 1.61.